The van der Waals surface area contributed by atoms with Crippen molar-refractivity contribution in [2.75, 3.05) is 0 Å². The normalized spacial score (nSPS) is 11.3. The van der Waals surface area contributed by atoms with Crippen molar-refractivity contribution in [3.8, 4) is 11.1 Å². The fourth-order valence-corrected chi connectivity index (χ4v) is 5.68. The monoisotopic (exact) mass is 702 g/mol. The van der Waals surface area contributed by atoms with Crippen molar-refractivity contribution in [2.24, 2.45) is 0 Å². The Morgan fingerprint density at radius 2 is 1.28 bits per heavy atom. The smallest absolute Gasteiger partial charge is 0.172 e. The van der Waals surface area contributed by atoms with Crippen molar-refractivity contribution in [2.45, 2.75) is 58.8 Å². The molecule has 0 unspecified atom stereocenters. The molecule has 0 atom stereocenters. The summed E-state index contributed by atoms with van der Waals surface area (Å²) in [5.74, 6) is 0. The van der Waals surface area contributed by atoms with E-state index in [1.807, 2.05) is 48.5 Å². The minimum atomic E-state index is 0. The van der Waals surface area contributed by atoms with E-state index in [-0.39, 0.29) is 35.6 Å². The molecule has 0 bridgehead atoms. The largest absolute Gasteiger partial charge is 1.00 e. The summed E-state index contributed by atoms with van der Waals surface area (Å²) >= 11 is 7.28. The van der Waals surface area contributed by atoms with Gasteiger partial charge in [-0.05, 0) is 28.4 Å². The van der Waals surface area contributed by atoms with Crippen LogP contribution in [0.2, 0.25) is 5.02 Å². The van der Waals surface area contributed by atoms with E-state index in [4.69, 9.17) is 11.6 Å². The molecule has 222 valence electrons. The van der Waals surface area contributed by atoms with Crippen LogP contribution in [0.3, 0.4) is 0 Å². The summed E-state index contributed by atoms with van der Waals surface area (Å²) in [4.78, 5) is 0. The maximum Gasteiger partial charge on any atom is -0.172 e. The van der Waals surface area contributed by atoms with Gasteiger partial charge in [0.15, 0.2) is 0 Å². The maximum absolute atomic E-state index is 5.86. The van der Waals surface area contributed by atoms with Crippen LogP contribution in [-0.2, 0) is 41.5 Å². The van der Waals surface area contributed by atoms with Crippen molar-refractivity contribution >= 4 is 14.8 Å². The number of hydrogen-bond acceptors (Lipinski definition) is 0. The summed E-state index contributed by atoms with van der Waals surface area (Å²) in [6.45, 7) is 13.6. The molecule has 0 aliphatic heterocycles. The van der Waals surface area contributed by atoms with Crippen LogP contribution in [-0.4, -0.2) is 3.21 Å². The minimum Gasteiger partial charge on any atom is -1.00 e. The average molecular weight is 705 g/mol. The summed E-state index contributed by atoms with van der Waals surface area (Å²) in [5, 5.41) is 0.787. The van der Waals surface area contributed by atoms with E-state index in [1.54, 1.807) is 0 Å². The number of fused-ring (bicyclic) bond motifs is 3. The summed E-state index contributed by atoms with van der Waals surface area (Å²) in [5.41, 5.74) is 11.2. The molecule has 0 N–H and O–H groups in total. The molecule has 0 aromatic heterocycles. The Morgan fingerprint density at radius 1 is 0.698 bits per heavy atom. The quantitative estimate of drug-likeness (QED) is 0.233. The molecule has 0 amide bonds. The Kier molecular flexibility index (Phi) is 14.0. The Labute approximate surface area is 291 Å². The fourth-order valence-electron chi connectivity index (χ4n) is 4.74. The number of halogens is 3. The third-order valence-corrected chi connectivity index (χ3v) is 8.89. The van der Waals surface area contributed by atoms with Crippen LogP contribution in [0.15, 0.2) is 115 Å². The molecule has 0 nitrogen and oxygen atoms in total. The predicted octanol–water partition coefficient (Wildman–Crippen LogP) is 4.52. The molecule has 0 spiro atoms. The molecule has 0 heterocycles. The summed E-state index contributed by atoms with van der Waals surface area (Å²) in [7, 11) is 0. The first-order chi connectivity index (χ1) is 19.4. The Bertz CT molecular complexity index is 1490. The van der Waals surface area contributed by atoms with Crippen molar-refractivity contribution < 1.29 is 49.0 Å². The van der Waals surface area contributed by atoms with Crippen LogP contribution >= 0.6 is 11.6 Å². The summed E-state index contributed by atoms with van der Waals surface area (Å²) < 4.78 is 1.36. The number of rotatable bonds is 2. The predicted molar refractivity (Wildman–Crippen MR) is 174 cm³/mol. The van der Waals surface area contributed by atoms with Gasteiger partial charge in [-0.25, -0.2) is 12.1 Å². The zero-order valence-corrected chi connectivity index (χ0v) is 30.5. The molecule has 0 fully saturated rings. The Morgan fingerprint density at radius 3 is 1.81 bits per heavy atom. The average Bonchev–Trinajstić information content (AvgIpc) is 3.64. The SMILES string of the molecule is CC(C)(C)c1[c-]c2c(cc1)-c1ccc(C(C)(C)C)cc1C2.Clc1ccc([C](=[Zr+2])c2ccccc2)cc1.[Cl-].[Cl-].c1cc[cH-]c1. The molecule has 5 aromatic carbocycles. The van der Waals surface area contributed by atoms with E-state index in [1.165, 1.54) is 71.9 Å². The first kappa shape index (κ1) is 37.0. The van der Waals surface area contributed by atoms with Gasteiger partial charge < -0.3 is 24.8 Å². The molecule has 4 heteroatoms. The topological polar surface area (TPSA) is 0 Å². The third-order valence-electron chi connectivity index (χ3n) is 7.21. The van der Waals surface area contributed by atoms with Crippen LogP contribution in [0.5, 0.6) is 0 Å². The molecule has 43 heavy (non-hydrogen) atoms. The van der Waals surface area contributed by atoms with Gasteiger partial charge in [0.25, 0.3) is 0 Å². The van der Waals surface area contributed by atoms with Gasteiger partial charge in [0.05, 0.1) is 0 Å². The van der Waals surface area contributed by atoms with Crippen LogP contribution in [0, 0.1) is 6.07 Å². The molecule has 0 radical (unpaired) electrons. The zero-order valence-electron chi connectivity index (χ0n) is 25.8. The van der Waals surface area contributed by atoms with E-state index < -0.39 is 0 Å². The van der Waals surface area contributed by atoms with E-state index in [0.717, 1.165) is 11.4 Å². The van der Waals surface area contributed by atoms with Gasteiger partial charge in [-0.15, -0.1) is 11.1 Å². The van der Waals surface area contributed by atoms with Gasteiger partial charge in [0.2, 0.25) is 0 Å². The van der Waals surface area contributed by atoms with Crippen LogP contribution < -0.4 is 24.8 Å². The van der Waals surface area contributed by atoms with Crippen LogP contribution in [0.25, 0.3) is 11.1 Å². The fraction of sp³-hybridized carbons (Fsp3) is 0.231. The second-order valence-corrected chi connectivity index (χ2v) is 14.2. The van der Waals surface area contributed by atoms with Crippen molar-refractivity contribution in [3.05, 3.63) is 160 Å². The molecular formula is C39H39Cl3Zr-2. The van der Waals surface area contributed by atoms with Gasteiger partial charge in [-0.1, -0.05) is 65.3 Å². The molecule has 6 rings (SSSR count). The molecule has 0 saturated carbocycles. The van der Waals surface area contributed by atoms with Gasteiger partial charge in [0, 0.05) is 0 Å². The van der Waals surface area contributed by atoms with Gasteiger partial charge in [0.1, 0.15) is 0 Å². The van der Waals surface area contributed by atoms with E-state index >= 15 is 0 Å². The molecule has 1 aliphatic rings. The van der Waals surface area contributed by atoms with E-state index in [9.17, 15) is 0 Å². The first-order valence-corrected chi connectivity index (χ1v) is 15.8. The van der Waals surface area contributed by atoms with Gasteiger partial charge in [-0.2, -0.15) is 42.0 Å². The van der Waals surface area contributed by atoms with Crippen LogP contribution in [0.4, 0.5) is 0 Å². The second kappa shape index (κ2) is 16.2. The first-order valence-electron chi connectivity index (χ1n) is 14.2. The summed E-state index contributed by atoms with van der Waals surface area (Å²) in [6, 6.07) is 43.6. The number of benzene rings is 4. The molecular weight excluding hydrogens is 666 g/mol. The minimum absolute atomic E-state index is 0. The third kappa shape index (κ3) is 10.2. The number of hydrogen-bond donors (Lipinski definition) is 0. The molecule has 1 aliphatic carbocycles. The van der Waals surface area contributed by atoms with Gasteiger partial charge in [-0.3, -0.25) is 0 Å². The Hall–Kier alpha value is -2.15. The maximum atomic E-state index is 5.86. The van der Waals surface area contributed by atoms with E-state index in [2.05, 4.69) is 114 Å². The Balaban J connectivity index is 0.000000256. The van der Waals surface area contributed by atoms with Gasteiger partial charge >= 0.3 is 110 Å². The van der Waals surface area contributed by atoms with E-state index in [0.29, 0.717) is 0 Å². The van der Waals surface area contributed by atoms with Crippen LogP contribution in [0.1, 0.15) is 74.9 Å². The summed E-state index contributed by atoms with van der Waals surface area (Å²) in [6.07, 6.45) is 1.03. The standard InChI is InChI=1S/C21H25.C13H9Cl.C5H5.2ClH.Zr/c1-20(2,3)16-7-9-18-14(12-16)11-15-13-17(21(4,5)6)8-10-19(15)18;14-13-8-6-12(7-9-13)10-11-4-2-1-3-5-11;1-2-4-5-3-1;;;/h7-10,12H,11H2,1-6H3;1-9H;1-5H;2*1H;/q-1;;-1;;;+2/p-2. The van der Waals surface area contributed by atoms with Crippen molar-refractivity contribution in [1.82, 2.24) is 0 Å². The molecule has 5 aromatic rings. The second-order valence-electron chi connectivity index (χ2n) is 12.5. The van der Waals surface area contributed by atoms with Crippen molar-refractivity contribution in [3.63, 3.8) is 0 Å². The van der Waals surface area contributed by atoms with Crippen molar-refractivity contribution in [1.29, 1.82) is 0 Å². The zero-order chi connectivity index (χ0) is 29.6. The molecule has 0 saturated heterocycles.